The van der Waals surface area contributed by atoms with E-state index < -0.39 is 4.92 Å². The van der Waals surface area contributed by atoms with Gasteiger partial charge in [0.15, 0.2) is 5.75 Å². The van der Waals surface area contributed by atoms with Crippen LogP contribution in [-0.4, -0.2) is 22.3 Å². The third-order valence-corrected chi connectivity index (χ3v) is 2.79. The van der Waals surface area contributed by atoms with Crippen LogP contribution in [0.4, 0.5) is 5.69 Å². The van der Waals surface area contributed by atoms with Crippen LogP contribution < -0.4 is 4.74 Å². The Labute approximate surface area is 108 Å². The largest absolute Gasteiger partial charge is 0.490 e. The average Bonchev–Trinajstić information content (AvgIpc) is 2.78. The minimum absolute atomic E-state index is 0.162. The number of aromatic nitrogens is 1. The topological polar surface area (TPSA) is 98.6 Å². The summed E-state index contributed by atoms with van der Waals surface area (Å²) in [5.74, 6) is 0.649. The highest BCUT2D eigenvalue weighted by Gasteiger charge is 2.20. The zero-order valence-corrected chi connectivity index (χ0v) is 10.4. The van der Waals surface area contributed by atoms with Gasteiger partial charge in [-0.05, 0) is 19.1 Å². The number of nitro groups is 1. The number of nitrogens with zero attached hydrogens (tertiary/aromatic N) is 2. The lowest BCUT2D eigenvalue weighted by molar-refractivity contribution is -0.385. The quantitative estimate of drug-likeness (QED) is 0.670. The molecule has 0 fully saturated rings. The van der Waals surface area contributed by atoms with Gasteiger partial charge in [-0.1, -0.05) is 5.16 Å². The minimum Gasteiger partial charge on any atom is -0.490 e. The Morgan fingerprint density at radius 2 is 2.26 bits per heavy atom. The van der Waals surface area contributed by atoms with Crippen molar-refractivity contribution in [2.24, 2.45) is 0 Å². The van der Waals surface area contributed by atoms with Crippen LogP contribution in [0.25, 0.3) is 11.3 Å². The number of aliphatic hydroxyl groups excluding tert-OH is 1. The summed E-state index contributed by atoms with van der Waals surface area (Å²) in [6, 6.07) is 4.45. The number of hydrogen-bond donors (Lipinski definition) is 1. The van der Waals surface area contributed by atoms with E-state index in [4.69, 9.17) is 9.26 Å². The van der Waals surface area contributed by atoms with E-state index in [-0.39, 0.29) is 18.0 Å². The first-order chi connectivity index (χ1) is 9.08. The van der Waals surface area contributed by atoms with Gasteiger partial charge in [0.05, 0.1) is 18.6 Å². The van der Waals surface area contributed by atoms with Gasteiger partial charge in [0.2, 0.25) is 0 Å². The Balaban J connectivity index is 2.57. The van der Waals surface area contributed by atoms with Gasteiger partial charge in [-0.15, -0.1) is 0 Å². The van der Waals surface area contributed by atoms with Gasteiger partial charge < -0.3 is 14.4 Å². The number of hydrogen-bond acceptors (Lipinski definition) is 6. The fraction of sp³-hybridized carbons (Fsp3) is 0.250. The molecule has 7 nitrogen and oxygen atoms in total. The van der Waals surface area contributed by atoms with Gasteiger partial charge >= 0.3 is 5.69 Å². The van der Waals surface area contributed by atoms with Crippen LogP contribution in [-0.2, 0) is 6.61 Å². The zero-order valence-electron chi connectivity index (χ0n) is 10.4. The molecule has 0 radical (unpaired) electrons. The first-order valence-electron chi connectivity index (χ1n) is 5.47. The highest BCUT2D eigenvalue weighted by molar-refractivity contribution is 5.68. The summed E-state index contributed by atoms with van der Waals surface area (Å²) in [6.45, 7) is 1.42. The lowest BCUT2D eigenvalue weighted by Gasteiger charge is -2.04. The van der Waals surface area contributed by atoms with Crippen molar-refractivity contribution in [2.45, 2.75) is 13.5 Å². The standard InChI is InChI=1S/C12H12N2O5/c1-7-9(6-15)12(13-19-7)8-3-4-11(18-2)10(5-8)14(16)17/h3-5,15H,6H2,1-2H3. The third-order valence-electron chi connectivity index (χ3n) is 2.79. The molecule has 19 heavy (non-hydrogen) atoms. The Bertz CT molecular complexity index is 621. The van der Waals surface area contributed by atoms with Gasteiger partial charge in [-0.3, -0.25) is 10.1 Å². The van der Waals surface area contributed by atoms with Gasteiger partial charge in [0.1, 0.15) is 11.5 Å². The predicted molar refractivity (Wildman–Crippen MR) is 65.8 cm³/mol. The lowest BCUT2D eigenvalue weighted by atomic mass is 10.1. The van der Waals surface area contributed by atoms with E-state index in [2.05, 4.69) is 5.16 Å². The van der Waals surface area contributed by atoms with Crippen molar-refractivity contribution in [3.05, 3.63) is 39.6 Å². The monoisotopic (exact) mass is 264 g/mol. The molecule has 0 atom stereocenters. The molecule has 0 aliphatic carbocycles. The molecule has 2 rings (SSSR count). The number of rotatable bonds is 4. The molecule has 0 aliphatic rings. The van der Waals surface area contributed by atoms with E-state index in [9.17, 15) is 15.2 Å². The van der Waals surface area contributed by atoms with E-state index in [1.807, 2.05) is 0 Å². The smallest absolute Gasteiger partial charge is 0.311 e. The molecular weight excluding hydrogens is 252 g/mol. The Kier molecular flexibility index (Phi) is 3.48. The Morgan fingerprint density at radius 3 is 2.84 bits per heavy atom. The molecule has 7 heteroatoms. The molecule has 0 saturated carbocycles. The van der Waals surface area contributed by atoms with Crippen molar-refractivity contribution < 1.29 is 19.3 Å². The molecule has 1 aromatic heterocycles. The molecule has 0 aliphatic heterocycles. The fourth-order valence-corrected chi connectivity index (χ4v) is 1.78. The molecule has 0 spiro atoms. The second kappa shape index (κ2) is 5.07. The second-order valence-electron chi connectivity index (χ2n) is 3.87. The molecule has 1 aromatic carbocycles. The van der Waals surface area contributed by atoms with Crippen LogP contribution in [0.3, 0.4) is 0 Å². The average molecular weight is 264 g/mol. The molecule has 0 bridgehead atoms. The molecule has 1 N–H and O–H groups in total. The number of benzene rings is 1. The first kappa shape index (κ1) is 13.0. The van der Waals surface area contributed by atoms with Crippen LogP contribution in [0.5, 0.6) is 5.75 Å². The fourth-order valence-electron chi connectivity index (χ4n) is 1.78. The number of nitro benzene ring substituents is 1. The van der Waals surface area contributed by atoms with Gasteiger partial charge in [-0.2, -0.15) is 0 Å². The summed E-state index contributed by atoms with van der Waals surface area (Å²) in [7, 11) is 1.36. The highest BCUT2D eigenvalue weighted by Crippen LogP contribution is 2.33. The van der Waals surface area contributed by atoms with Crippen LogP contribution in [0.15, 0.2) is 22.7 Å². The molecule has 0 saturated heterocycles. The molecule has 2 aromatic rings. The van der Waals surface area contributed by atoms with E-state index in [1.165, 1.54) is 19.2 Å². The normalized spacial score (nSPS) is 10.5. The van der Waals surface area contributed by atoms with Crippen LogP contribution >= 0.6 is 0 Å². The molecule has 0 amide bonds. The van der Waals surface area contributed by atoms with Crippen molar-refractivity contribution in [1.82, 2.24) is 5.16 Å². The molecular formula is C12H12N2O5. The summed E-state index contributed by atoms with van der Waals surface area (Å²) in [6.07, 6.45) is 0. The molecule has 100 valence electrons. The van der Waals surface area contributed by atoms with Crippen molar-refractivity contribution in [1.29, 1.82) is 0 Å². The number of aliphatic hydroxyl groups is 1. The van der Waals surface area contributed by atoms with E-state index in [0.29, 0.717) is 22.6 Å². The van der Waals surface area contributed by atoms with Crippen LogP contribution in [0.2, 0.25) is 0 Å². The number of methoxy groups -OCH3 is 1. The maximum Gasteiger partial charge on any atom is 0.311 e. The predicted octanol–water partition coefficient (Wildman–Crippen LogP) is 2.06. The minimum atomic E-state index is -0.534. The summed E-state index contributed by atoms with van der Waals surface area (Å²) >= 11 is 0. The summed E-state index contributed by atoms with van der Waals surface area (Å²) < 4.78 is 9.91. The Morgan fingerprint density at radius 1 is 1.53 bits per heavy atom. The van der Waals surface area contributed by atoms with Crippen LogP contribution in [0, 0.1) is 17.0 Å². The molecule has 0 unspecified atom stereocenters. The first-order valence-corrected chi connectivity index (χ1v) is 5.47. The maximum atomic E-state index is 11.0. The maximum absolute atomic E-state index is 11.0. The van der Waals surface area contributed by atoms with Crippen LogP contribution in [0.1, 0.15) is 11.3 Å². The summed E-state index contributed by atoms with van der Waals surface area (Å²) in [5, 5.41) is 24.0. The van der Waals surface area contributed by atoms with Crippen molar-refractivity contribution in [2.75, 3.05) is 7.11 Å². The zero-order chi connectivity index (χ0) is 14.0. The van der Waals surface area contributed by atoms with Gasteiger partial charge in [-0.25, -0.2) is 0 Å². The van der Waals surface area contributed by atoms with Crippen molar-refractivity contribution in [3.8, 4) is 17.0 Å². The highest BCUT2D eigenvalue weighted by atomic mass is 16.6. The number of aryl methyl sites for hydroxylation is 1. The summed E-state index contributed by atoms with van der Waals surface area (Å²) in [4.78, 5) is 10.4. The van der Waals surface area contributed by atoms with Crippen molar-refractivity contribution >= 4 is 5.69 Å². The van der Waals surface area contributed by atoms with Gasteiger partial charge in [0.25, 0.3) is 0 Å². The van der Waals surface area contributed by atoms with E-state index in [0.717, 1.165) is 0 Å². The Hall–Kier alpha value is -2.41. The van der Waals surface area contributed by atoms with Crippen molar-refractivity contribution in [3.63, 3.8) is 0 Å². The third kappa shape index (κ3) is 2.27. The molecule has 1 heterocycles. The van der Waals surface area contributed by atoms with Gasteiger partial charge in [0, 0.05) is 17.2 Å². The lowest BCUT2D eigenvalue weighted by Crippen LogP contribution is -1.95. The van der Waals surface area contributed by atoms with E-state index >= 15 is 0 Å². The summed E-state index contributed by atoms with van der Waals surface area (Å²) in [5.41, 5.74) is 1.24. The number of ether oxygens (including phenoxy) is 1. The SMILES string of the molecule is COc1ccc(-c2noc(C)c2CO)cc1[N+](=O)[O-]. The second-order valence-corrected chi connectivity index (χ2v) is 3.87. The van der Waals surface area contributed by atoms with E-state index in [1.54, 1.807) is 13.0 Å².